The third-order valence-corrected chi connectivity index (χ3v) is 3.33. The predicted octanol–water partition coefficient (Wildman–Crippen LogP) is 2.60. The summed E-state index contributed by atoms with van der Waals surface area (Å²) in [6, 6.07) is 9.13. The lowest BCUT2D eigenvalue weighted by atomic mass is 10.0. The summed E-state index contributed by atoms with van der Waals surface area (Å²) in [6.07, 6.45) is 2.73. The van der Waals surface area contributed by atoms with Crippen LogP contribution in [0.3, 0.4) is 0 Å². The standard InChI is InChI=1S/C15H18N2O2/c1-2-19-14-9-4-3-8-13(14)15(18)17-10-6-5-7-12(17)11-16/h3-4,8-9,12H,2,5-7,10H2,1H3. The Hall–Kier alpha value is -2.02. The van der Waals surface area contributed by atoms with E-state index in [-0.39, 0.29) is 11.9 Å². The van der Waals surface area contributed by atoms with E-state index in [4.69, 9.17) is 10.00 Å². The van der Waals surface area contributed by atoms with Gasteiger partial charge >= 0.3 is 0 Å². The quantitative estimate of drug-likeness (QED) is 0.837. The summed E-state index contributed by atoms with van der Waals surface area (Å²) in [4.78, 5) is 14.2. The van der Waals surface area contributed by atoms with Crippen molar-refractivity contribution in [2.75, 3.05) is 13.2 Å². The molecule has 0 radical (unpaired) electrons. The third-order valence-electron chi connectivity index (χ3n) is 3.33. The molecule has 0 aliphatic carbocycles. The molecule has 4 nitrogen and oxygen atoms in total. The smallest absolute Gasteiger partial charge is 0.258 e. The first-order valence-electron chi connectivity index (χ1n) is 6.70. The minimum absolute atomic E-state index is 0.102. The van der Waals surface area contributed by atoms with Crippen LogP contribution in [0.2, 0.25) is 0 Å². The first kappa shape index (κ1) is 13.4. The Labute approximate surface area is 113 Å². The van der Waals surface area contributed by atoms with Gasteiger partial charge in [0.2, 0.25) is 0 Å². The van der Waals surface area contributed by atoms with Crippen LogP contribution >= 0.6 is 0 Å². The third kappa shape index (κ3) is 2.87. The minimum Gasteiger partial charge on any atom is -0.493 e. The molecule has 1 atom stereocenters. The molecular formula is C15H18N2O2. The molecule has 1 unspecified atom stereocenters. The SMILES string of the molecule is CCOc1ccccc1C(=O)N1CCCCC1C#N. The zero-order valence-electron chi connectivity index (χ0n) is 11.1. The molecule has 0 spiro atoms. The molecule has 1 aliphatic rings. The summed E-state index contributed by atoms with van der Waals surface area (Å²) in [5.41, 5.74) is 0.548. The first-order chi connectivity index (χ1) is 9.27. The average molecular weight is 258 g/mol. The number of nitriles is 1. The average Bonchev–Trinajstić information content (AvgIpc) is 2.47. The van der Waals surface area contributed by atoms with Crippen LogP contribution < -0.4 is 4.74 Å². The second-order valence-corrected chi connectivity index (χ2v) is 4.57. The van der Waals surface area contributed by atoms with Gasteiger partial charge in [0.25, 0.3) is 5.91 Å². The van der Waals surface area contributed by atoms with Gasteiger partial charge in [-0.2, -0.15) is 5.26 Å². The number of hydrogen-bond donors (Lipinski definition) is 0. The van der Waals surface area contributed by atoms with E-state index >= 15 is 0 Å². The topological polar surface area (TPSA) is 53.3 Å². The summed E-state index contributed by atoms with van der Waals surface area (Å²) < 4.78 is 5.49. The molecule has 2 rings (SSSR count). The molecule has 1 heterocycles. The van der Waals surface area contributed by atoms with E-state index in [9.17, 15) is 4.79 Å². The molecule has 0 bridgehead atoms. The van der Waals surface area contributed by atoms with Crippen molar-refractivity contribution < 1.29 is 9.53 Å². The molecule has 0 aromatic heterocycles. The van der Waals surface area contributed by atoms with Gasteiger partial charge in [0.15, 0.2) is 0 Å². The number of rotatable bonds is 3. The highest BCUT2D eigenvalue weighted by Crippen LogP contribution is 2.24. The zero-order valence-corrected chi connectivity index (χ0v) is 11.1. The van der Waals surface area contributed by atoms with Gasteiger partial charge in [-0.1, -0.05) is 12.1 Å². The van der Waals surface area contributed by atoms with Gasteiger partial charge in [-0.05, 0) is 38.3 Å². The summed E-state index contributed by atoms with van der Waals surface area (Å²) in [5.74, 6) is 0.493. The summed E-state index contributed by atoms with van der Waals surface area (Å²) in [7, 11) is 0. The number of nitrogens with zero attached hydrogens (tertiary/aromatic N) is 2. The number of carbonyl (C=O) groups is 1. The van der Waals surface area contributed by atoms with E-state index in [2.05, 4.69) is 6.07 Å². The van der Waals surface area contributed by atoms with E-state index < -0.39 is 0 Å². The number of amides is 1. The Morgan fingerprint density at radius 3 is 3.00 bits per heavy atom. The Bertz CT molecular complexity index is 493. The first-order valence-corrected chi connectivity index (χ1v) is 6.70. The second-order valence-electron chi connectivity index (χ2n) is 4.57. The van der Waals surface area contributed by atoms with Crippen molar-refractivity contribution in [1.82, 2.24) is 4.90 Å². The van der Waals surface area contributed by atoms with Gasteiger partial charge in [-0.3, -0.25) is 4.79 Å². The van der Waals surface area contributed by atoms with Crippen molar-refractivity contribution in [2.45, 2.75) is 32.2 Å². The number of hydrogen-bond acceptors (Lipinski definition) is 3. The molecular weight excluding hydrogens is 240 g/mol. The molecule has 1 aromatic rings. The van der Waals surface area contributed by atoms with Crippen molar-refractivity contribution in [2.24, 2.45) is 0 Å². The van der Waals surface area contributed by atoms with Crippen molar-refractivity contribution in [3.05, 3.63) is 29.8 Å². The fraction of sp³-hybridized carbons (Fsp3) is 0.467. The zero-order chi connectivity index (χ0) is 13.7. The van der Waals surface area contributed by atoms with Crippen LogP contribution in [0, 0.1) is 11.3 Å². The van der Waals surface area contributed by atoms with Crippen LogP contribution in [0.4, 0.5) is 0 Å². The van der Waals surface area contributed by atoms with E-state index in [1.165, 1.54) is 0 Å². The van der Waals surface area contributed by atoms with Crippen molar-refractivity contribution in [3.63, 3.8) is 0 Å². The monoisotopic (exact) mass is 258 g/mol. The number of benzene rings is 1. The number of likely N-dealkylation sites (tertiary alicyclic amines) is 1. The number of piperidine rings is 1. The molecule has 1 fully saturated rings. The molecule has 19 heavy (non-hydrogen) atoms. The molecule has 1 aromatic carbocycles. The molecule has 1 saturated heterocycles. The highest BCUT2D eigenvalue weighted by atomic mass is 16.5. The minimum atomic E-state index is -0.309. The van der Waals surface area contributed by atoms with Gasteiger partial charge in [0, 0.05) is 6.54 Å². The lowest BCUT2D eigenvalue weighted by Gasteiger charge is -2.31. The normalized spacial score (nSPS) is 18.7. The Kier molecular flexibility index (Phi) is 4.40. The van der Waals surface area contributed by atoms with Crippen molar-refractivity contribution in [3.8, 4) is 11.8 Å². The highest BCUT2D eigenvalue weighted by molar-refractivity contribution is 5.97. The molecule has 1 aliphatic heterocycles. The largest absolute Gasteiger partial charge is 0.493 e. The summed E-state index contributed by atoms with van der Waals surface area (Å²) >= 11 is 0. The number of carbonyl (C=O) groups excluding carboxylic acids is 1. The molecule has 100 valence electrons. The van der Waals surface area contributed by atoms with E-state index in [0.29, 0.717) is 24.5 Å². The van der Waals surface area contributed by atoms with Crippen molar-refractivity contribution in [1.29, 1.82) is 5.26 Å². The van der Waals surface area contributed by atoms with Crippen molar-refractivity contribution >= 4 is 5.91 Å². The lowest BCUT2D eigenvalue weighted by molar-refractivity contribution is 0.0666. The van der Waals surface area contributed by atoms with E-state index in [0.717, 1.165) is 19.3 Å². The fourth-order valence-electron chi connectivity index (χ4n) is 2.39. The fourth-order valence-corrected chi connectivity index (χ4v) is 2.39. The Balaban J connectivity index is 2.25. The molecule has 4 heteroatoms. The predicted molar refractivity (Wildman–Crippen MR) is 71.9 cm³/mol. The van der Waals surface area contributed by atoms with Crippen LogP contribution in [-0.4, -0.2) is 30.0 Å². The van der Waals surface area contributed by atoms with E-state index in [1.807, 2.05) is 19.1 Å². The van der Waals surface area contributed by atoms with Crippen LogP contribution in [0.15, 0.2) is 24.3 Å². The van der Waals surface area contributed by atoms with E-state index in [1.54, 1.807) is 17.0 Å². The maximum Gasteiger partial charge on any atom is 0.258 e. The summed E-state index contributed by atoms with van der Waals surface area (Å²) in [5, 5.41) is 9.15. The Morgan fingerprint density at radius 2 is 2.26 bits per heavy atom. The van der Waals surface area contributed by atoms with Crippen LogP contribution in [0.1, 0.15) is 36.5 Å². The molecule has 0 saturated carbocycles. The number of para-hydroxylation sites is 1. The maximum absolute atomic E-state index is 12.6. The van der Waals surface area contributed by atoms with Crippen LogP contribution in [0.25, 0.3) is 0 Å². The maximum atomic E-state index is 12.6. The lowest BCUT2D eigenvalue weighted by Crippen LogP contribution is -2.43. The van der Waals surface area contributed by atoms with Gasteiger partial charge < -0.3 is 9.64 Å². The van der Waals surface area contributed by atoms with Gasteiger partial charge in [0.1, 0.15) is 11.8 Å². The number of ether oxygens (including phenoxy) is 1. The van der Waals surface area contributed by atoms with Gasteiger partial charge in [-0.25, -0.2) is 0 Å². The van der Waals surface area contributed by atoms with Crippen LogP contribution in [-0.2, 0) is 0 Å². The highest BCUT2D eigenvalue weighted by Gasteiger charge is 2.28. The second kappa shape index (κ2) is 6.24. The van der Waals surface area contributed by atoms with Crippen LogP contribution in [0.5, 0.6) is 5.75 Å². The van der Waals surface area contributed by atoms with Gasteiger partial charge in [0.05, 0.1) is 18.2 Å². The summed E-state index contributed by atoms with van der Waals surface area (Å²) in [6.45, 7) is 3.06. The van der Waals surface area contributed by atoms with Gasteiger partial charge in [-0.15, -0.1) is 0 Å². The Morgan fingerprint density at radius 1 is 1.47 bits per heavy atom. The molecule has 0 N–H and O–H groups in total. The molecule has 1 amide bonds.